The van der Waals surface area contributed by atoms with Crippen LogP contribution in [0.15, 0.2) is 104 Å². The molecule has 0 aliphatic heterocycles. The zero-order valence-electron chi connectivity index (χ0n) is 31.1. The minimum absolute atomic E-state index is 0.0247. The average Bonchev–Trinajstić information content (AvgIpc) is 3.67. The zero-order chi connectivity index (χ0) is 35.5. The SMILES string of the molecule is Cc1cc(C)c(C(C)(C)C)c(-c2cnn(-c3cccc(Oc4ccc5c6ccccc6n(-c6cc(C(C)C)ccn6)c5c4)c3)c2)c1C(C)(C)C. The maximum absolute atomic E-state index is 6.57. The largest absolute Gasteiger partial charge is 0.457 e. The summed E-state index contributed by atoms with van der Waals surface area (Å²) >= 11 is 0. The molecule has 5 heteroatoms. The molecule has 0 unspecified atom stereocenters. The van der Waals surface area contributed by atoms with Crippen molar-refractivity contribution < 1.29 is 4.74 Å². The molecule has 7 aromatic rings. The maximum atomic E-state index is 6.57. The molecule has 3 heterocycles. The number of ether oxygens (including phenoxy) is 1. The molecule has 4 aromatic carbocycles. The molecule has 0 saturated heterocycles. The highest BCUT2D eigenvalue weighted by Crippen LogP contribution is 2.44. The Kier molecular flexibility index (Phi) is 8.21. The van der Waals surface area contributed by atoms with Crippen molar-refractivity contribution in [3.05, 3.63) is 131 Å². The van der Waals surface area contributed by atoms with Gasteiger partial charge in [0.2, 0.25) is 0 Å². The van der Waals surface area contributed by atoms with E-state index < -0.39 is 0 Å². The number of rotatable bonds is 6. The van der Waals surface area contributed by atoms with Gasteiger partial charge in [0, 0.05) is 40.9 Å². The summed E-state index contributed by atoms with van der Waals surface area (Å²) in [4.78, 5) is 4.81. The number of nitrogens with zero attached hydrogens (tertiary/aromatic N) is 4. The topological polar surface area (TPSA) is 44.9 Å². The molecular weight excluding hydrogens is 613 g/mol. The molecule has 0 amide bonds. The lowest BCUT2D eigenvalue weighted by Crippen LogP contribution is -2.22. The van der Waals surface area contributed by atoms with Gasteiger partial charge in [0.25, 0.3) is 0 Å². The zero-order valence-corrected chi connectivity index (χ0v) is 31.1. The number of hydrogen-bond acceptors (Lipinski definition) is 3. The smallest absolute Gasteiger partial charge is 0.137 e. The van der Waals surface area contributed by atoms with Gasteiger partial charge in [-0.05, 0) is 106 Å². The number of benzene rings is 4. The summed E-state index contributed by atoms with van der Waals surface area (Å²) in [6.07, 6.45) is 6.09. The highest BCUT2D eigenvalue weighted by Gasteiger charge is 2.30. The fourth-order valence-electron chi connectivity index (χ4n) is 7.81. The average molecular weight is 661 g/mol. The van der Waals surface area contributed by atoms with Crippen molar-refractivity contribution in [1.29, 1.82) is 0 Å². The van der Waals surface area contributed by atoms with Gasteiger partial charge in [-0.2, -0.15) is 5.10 Å². The van der Waals surface area contributed by atoms with Crippen molar-refractivity contribution >= 4 is 21.8 Å². The molecule has 0 aliphatic carbocycles. The Bertz CT molecular complexity index is 2340. The number of fused-ring (bicyclic) bond motifs is 3. The molecule has 0 fully saturated rings. The molecule has 50 heavy (non-hydrogen) atoms. The van der Waals surface area contributed by atoms with Gasteiger partial charge >= 0.3 is 0 Å². The van der Waals surface area contributed by atoms with Crippen molar-refractivity contribution in [2.75, 3.05) is 0 Å². The summed E-state index contributed by atoms with van der Waals surface area (Å²) in [6, 6.07) is 29.7. The molecule has 254 valence electrons. The van der Waals surface area contributed by atoms with E-state index >= 15 is 0 Å². The monoisotopic (exact) mass is 660 g/mol. The molecule has 0 atom stereocenters. The number of hydrogen-bond donors (Lipinski definition) is 0. The Balaban J connectivity index is 1.28. The van der Waals surface area contributed by atoms with Crippen molar-refractivity contribution in [3.63, 3.8) is 0 Å². The van der Waals surface area contributed by atoms with Gasteiger partial charge in [-0.1, -0.05) is 85.7 Å². The first kappa shape index (κ1) is 33.3. The third-order valence-electron chi connectivity index (χ3n) is 9.72. The Morgan fingerprint density at radius 3 is 2.06 bits per heavy atom. The van der Waals surface area contributed by atoms with Gasteiger partial charge in [-0.25, -0.2) is 9.67 Å². The van der Waals surface area contributed by atoms with Crippen LogP contribution in [-0.2, 0) is 10.8 Å². The summed E-state index contributed by atoms with van der Waals surface area (Å²) in [6.45, 7) is 22.8. The van der Waals surface area contributed by atoms with Crippen LogP contribution < -0.4 is 4.74 Å². The van der Waals surface area contributed by atoms with Crippen LogP contribution in [0.3, 0.4) is 0 Å². The molecule has 3 aromatic heterocycles. The number of pyridine rings is 1. The Labute approximate surface area is 296 Å². The molecule has 0 N–H and O–H groups in total. The maximum Gasteiger partial charge on any atom is 0.137 e. The second kappa shape index (κ2) is 12.3. The van der Waals surface area contributed by atoms with Crippen molar-refractivity contribution in [3.8, 4) is 34.1 Å². The predicted octanol–water partition coefficient (Wildman–Crippen LogP) is 12.2. The van der Waals surface area contributed by atoms with Gasteiger partial charge in [0.1, 0.15) is 17.3 Å². The lowest BCUT2D eigenvalue weighted by atomic mass is 9.71. The van der Waals surface area contributed by atoms with E-state index in [0.717, 1.165) is 45.0 Å². The molecule has 5 nitrogen and oxygen atoms in total. The molecule has 0 aliphatic rings. The van der Waals surface area contributed by atoms with Gasteiger partial charge in [0.05, 0.1) is 22.9 Å². The van der Waals surface area contributed by atoms with E-state index in [0.29, 0.717) is 5.92 Å². The summed E-state index contributed by atoms with van der Waals surface area (Å²) in [5.74, 6) is 2.83. The standard InChI is InChI=1S/C45H48N4O/c1-28(2)31-20-21-46-40(23-31)49-38-17-12-11-16-36(38)37-19-18-35(25-39(37)49)50-34-15-13-14-33(24-34)48-27-32(26-47-48)41-42(44(5,6)7)29(3)22-30(4)43(41)45(8,9)10/h11-28H,1-10H3. The molecular formula is C45H48N4O. The van der Waals surface area contributed by atoms with Crippen molar-refractivity contribution in [2.45, 2.75) is 86.0 Å². The minimum atomic E-state index is -0.0247. The molecule has 0 saturated carbocycles. The van der Waals surface area contributed by atoms with E-state index in [1.807, 2.05) is 29.2 Å². The van der Waals surface area contributed by atoms with Crippen LogP contribution in [-0.4, -0.2) is 19.3 Å². The van der Waals surface area contributed by atoms with Gasteiger partial charge in [-0.3, -0.25) is 4.57 Å². The molecule has 7 rings (SSSR count). The first-order chi connectivity index (χ1) is 23.7. The fraction of sp³-hybridized carbons (Fsp3) is 0.289. The highest BCUT2D eigenvalue weighted by molar-refractivity contribution is 6.09. The molecule has 0 bridgehead atoms. The van der Waals surface area contributed by atoms with Crippen molar-refractivity contribution in [2.24, 2.45) is 0 Å². The van der Waals surface area contributed by atoms with E-state index in [1.165, 1.54) is 38.8 Å². The van der Waals surface area contributed by atoms with E-state index in [4.69, 9.17) is 14.8 Å². The predicted molar refractivity (Wildman–Crippen MR) is 209 cm³/mol. The summed E-state index contributed by atoms with van der Waals surface area (Å²) in [7, 11) is 0. The van der Waals surface area contributed by atoms with E-state index in [9.17, 15) is 0 Å². The first-order valence-electron chi connectivity index (χ1n) is 17.7. The number of aromatic nitrogens is 4. The normalized spacial score (nSPS) is 12.4. The van der Waals surface area contributed by atoms with E-state index in [2.05, 4.69) is 153 Å². The van der Waals surface area contributed by atoms with E-state index in [1.54, 1.807) is 0 Å². The molecule has 0 spiro atoms. The third kappa shape index (κ3) is 6.00. The molecule has 0 radical (unpaired) electrons. The number of para-hydroxylation sites is 1. The van der Waals surface area contributed by atoms with Crippen LogP contribution in [0.5, 0.6) is 11.5 Å². The van der Waals surface area contributed by atoms with Crippen LogP contribution in [0.25, 0.3) is 44.4 Å². The van der Waals surface area contributed by atoms with Crippen molar-refractivity contribution in [1.82, 2.24) is 19.3 Å². The Morgan fingerprint density at radius 1 is 0.680 bits per heavy atom. The van der Waals surface area contributed by atoms with Gasteiger partial charge in [-0.15, -0.1) is 0 Å². The third-order valence-corrected chi connectivity index (χ3v) is 9.72. The second-order valence-corrected chi connectivity index (χ2v) is 16.0. The Hall–Kier alpha value is -5.16. The lowest BCUT2D eigenvalue weighted by molar-refractivity contribution is 0.483. The van der Waals surface area contributed by atoms with E-state index in [-0.39, 0.29) is 10.8 Å². The van der Waals surface area contributed by atoms with Gasteiger partial charge in [0.15, 0.2) is 0 Å². The first-order valence-corrected chi connectivity index (χ1v) is 17.7. The van der Waals surface area contributed by atoms with Gasteiger partial charge < -0.3 is 4.74 Å². The second-order valence-electron chi connectivity index (χ2n) is 16.0. The summed E-state index contributed by atoms with van der Waals surface area (Å²) in [5, 5.41) is 7.25. The Morgan fingerprint density at radius 2 is 1.36 bits per heavy atom. The summed E-state index contributed by atoms with van der Waals surface area (Å²) in [5.41, 5.74) is 12.2. The summed E-state index contributed by atoms with van der Waals surface area (Å²) < 4.78 is 10.8. The van der Waals surface area contributed by atoms with Crippen LogP contribution in [0.2, 0.25) is 0 Å². The number of aryl methyl sites for hydroxylation is 2. The quantitative estimate of drug-likeness (QED) is 0.178. The lowest BCUT2D eigenvalue weighted by Gasteiger charge is -2.33. The minimum Gasteiger partial charge on any atom is -0.457 e. The van der Waals surface area contributed by atoms with Crippen LogP contribution in [0.1, 0.15) is 89.1 Å². The van der Waals surface area contributed by atoms with Crippen LogP contribution in [0.4, 0.5) is 0 Å². The van der Waals surface area contributed by atoms with Crippen LogP contribution in [0, 0.1) is 13.8 Å². The highest BCUT2D eigenvalue weighted by atomic mass is 16.5. The van der Waals surface area contributed by atoms with Crippen LogP contribution >= 0.6 is 0 Å². The fourth-order valence-corrected chi connectivity index (χ4v) is 7.81.